The van der Waals surface area contributed by atoms with E-state index in [1.807, 2.05) is 13.0 Å². The Morgan fingerprint density at radius 1 is 1.09 bits per heavy atom. The molecule has 23 heavy (non-hydrogen) atoms. The highest BCUT2D eigenvalue weighted by Gasteiger charge is 2.11. The first kappa shape index (κ1) is 14.7. The van der Waals surface area contributed by atoms with Crippen LogP contribution in [0.4, 0.5) is 5.95 Å². The molecule has 0 saturated heterocycles. The number of nitrogens with zero attached hydrogens (tertiary/aromatic N) is 3. The molecule has 7 nitrogen and oxygen atoms in total. The van der Waals surface area contributed by atoms with Crippen LogP contribution in [-0.4, -0.2) is 27.5 Å². The van der Waals surface area contributed by atoms with Gasteiger partial charge in [-0.3, -0.25) is 4.79 Å². The van der Waals surface area contributed by atoms with E-state index in [1.54, 1.807) is 30.3 Å². The number of nitrogen functional groups attached to an aromatic ring is 1. The summed E-state index contributed by atoms with van der Waals surface area (Å²) in [5.74, 6) is 0.0254. The van der Waals surface area contributed by atoms with Gasteiger partial charge in [-0.05, 0) is 31.2 Å². The van der Waals surface area contributed by atoms with Crippen LogP contribution in [0.15, 0.2) is 36.4 Å². The summed E-state index contributed by atoms with van der Waals surface area (Å²) in [4.78, 5) is 23.9. The molecule has 0 radical (unpaired) electrons. The fourth-order valence-corrected chi connectivity index (χ4v) is 2.21. The maximum absolute atomic E-state index is 11.1. The molecule has 2 heterocycles. The SMILES string of the molecule is CCOc1nc(N)nc2ccc(-c3ccc(C(N)=O)cc3)nc12. The van der Waals surface area contributed by atoms with Crippen molar-refractivity contribution in [3.8, 4) is 17.1 Å². The molecular formula is C16H15N5O2. The molecule has 2 aromatic heterocycles. The predicted molar refractivity (Wildman–Crippen MR) is 86.9 cm³/mol. The monoisotopic (exact) mass is 309 g/mol. The van der Waals surface area contributed by atoms with Crippen molar-refractivity contribution < 1.29 is 9.53 Å². The molecule has 0 bridgehead atoms. The summed E-state index contributed by atoms with van der Waals surface area (Å²) in [7, 11) is 0. The summed E-state index contributed by atoms with van der Waals surface area (Å²) in [6.45, 7) is 2.31. The molecule has 116 valence electrons. The number of hydrogen-bond acceptors (Lipinski definition) is 6. The summed E-state index contributed by atoms with van der Waals surface area (Å²) in [5, 5.41) is 0. The van der Waals surface area contributed by atoms with Crippen LogP contribution in [0.25, 0.3) is 22.3 Å². The van der Waals surface area contributed by atoms with Crippen molar-refractivity contribution >= 4 is 22.9 Å². The third-order valence-corrected chi connectivity index (χ3v) is 3.27. The van der Waals surface area contributed by atoms with Crippen molar-refractivity contribution in [2.24, 2.45) is 5.73 Å². The standard InChI is InChI=1S/C16H15N5O2/c1-2-23-15-13-12(20-16(18)21-15)8-7-11(19-13)9-3-5-10(6-4-9)14(17)22/h3-8H,2H2,1H3,(H2,17,22)(H2,18,20,21). The molecule has 3 rings (SSSR count). The molecule has 0 spiro atoms. The topological polar surface area (TPSA) is 117 Å². The van der Waals surface area contributed by atoms with Crippen molar-refractivity contribution in [3.05, 3.63) is 42.0 Å². The van der Waals surface area contributed by atoms with Crippen LogP contribution in [-0.2, 0) is 0 Å². The number of pyridine rings is 1. The maximum Gasteiger partial charge on any atom is 0.248 e. The van der Waals surface area contributed by atoms with Gasteiger partial charge in [-0.2, -0.15) is 4.98 Å². The maximum atomic E-state index is 11.1. The van der Waals surface area contributed by atoms with Gasteiger partial charge in [0.15, 0.2) is 5.52 Å². The second-order valence-corrected chi connectivity index (χ2v) is 4.83. The van der Waals surface area contributed by atoms with Gasteiger partial charge in [0, 0.05) is 11.1 Å². The molecule has 1 aromatic carbocycles. The minimum absolute atomic E-state index is 0.140. The Morgan fingerprint density at radius 3 is 2.48 bits per heavy atom. The Bertz CT molecular complexity index is 878. The molecule has 0 atom stereocenters. The van der Waals surface area contributed by atoms with Crippen LogP contribution in [0.5, 0.6) is 5.88 Å². The quantitative estimate of drug-likeness (QED) is 0.758. The second-order valence-electron chi connectivity index (χ2n) is 4.83. The Hall–Kier alpha value is -3.22. The zero-order valence-corrected chi connectivity index (χ0v) is 12.5. The fraction of sp³-hybridized carbons (Fsp3) is 0.125. The molecule has 0 fully saturated rings. The van der Waals surface area contributed by atoms with Crippen LogP contribution >= 0.6 is 0 Å². The summed E-state index contributed by atoms with van der Waals surface area (Å²) in [5.41, 5.74) is 14.1. The predicted octanol–water partition coefficient (Wildman–Crippen LogP) is 1.77. The molecule has 0 aliphatic carbocycles. The molecular weight excluding hydrogens is 294 g/mol. The van der Waals surface area contributed by atoms with Gasteiger partial charge in [-0.15, -0.1) is 0 Å². The van der Waals surface area contributed by atoms with E-state index in [4.69, 9.17) is 16.2 Å². The molecule has 7 heteroatoms. The lowest BCUT2D eigenvalue weighted by Crippen LogP contribution is -2.10. The van der Waals surface area contributed by atoms with Crippen molar-refractivity contribution in [3.63, 3.8) is 0 Å². The third kappa shape index (κ3) is 2.89. The lowest BCUT2D eigenvalue weighted by atomic mass is 10.1. The van der Waals surface area contributed by atoms with Crippen LogP contribution in [0.2, 0.25) is 0 Å². The number of carbonyl (C=O) groups is 1. The van der Waals surface area contributed by atoms with Gasteiger partial charge >= 0.3 is 0 Å². The first-order valence-electron chi connectivity index (χ1n) is 7.06. The smallest absolute Gasteiger partial charge is 0.248 e. The van der Waals surface area contributed by atoms with Gasteiger partial charge in [0.2, 0.25) is 17.7 Å². The number of amides is 1. The van der Waals surface area contributed by atoms with E-state index < -0.39 is 5.91 Å². The zero-order chi connectivity index (χ0) is 16.4. The van der Waals surface area contributed by atoms with Crippen LogP contribution in [0.3, 0.4) is 0 Å². The average Bonchev–Trinajstić information content (AvgIpc) is 2.55. The van der Waals surface area contributed by atoms with Gasteiger partial charge in [0.25, 0.3) is 0 Å². The Kier molecular flexibility index (Phi) is 3.76. The van der Waals surface area contributed by atoms with Gasteiger partial charge in [0.1, 0.15) is 0 Å². The number of benzene rings is 1. The van der Waals surface area contributed by atoms with Crippen LogP contribution in [0, 0.1) is 0 Å². The second kappa shape index (κ2) is 5.88. The van der Waals surface area contributed by atoms with Gasteiger partial charge < -0.3 is 16.2 Å². The largest absolute Gasteiger partial charge is 0.476 e. The number of carbonyl (C=O) groups excluding carboxylic acids is 1. The fourth-order valence-electron chi connectivity index (χ4n) is 2.21. The first-order chi connectivity index (χ1) is 11.1. The van der Waals surface area contributed by atoms with E-state index in [0.29, 0.717) is 34.8 Å². The number of rotatable bonds is 4. The Morgan fingerprint density at radius 2 is 1.83 bits per heavy atom. The van der Waals surface area contributed by atoms with Gasteiger partial charge in [-0.1, -0.05) is 12.1 Å². The third-order valence-electron chi connectivity index (χ3n) is 3.27. The van der Waals surface area contributed by atoms with Gasteiger partial charge in [0.05, 0.1) is 17.8 Å². The summed E-state index contributed by atoms with van der Waals surface area (Å²) < 4.78 is 5.49. The summed E-state index contributed by atoms with van der Waals surface area (Å²) in [6, 6.07) is 10.5. The summed E-state index contributed by atoms with van der Waals surface area (Å²) in [6.07, 6.45) is 0. The number of ether oxygens (including phenoxy) is 1. The highest BCUT2D eigenvalue weighted by atomic mass is 16.5. The Balaban J connectivity index is 2.10. The number of nitrogens with two attached hydrogens (primary N) is 2. The normalized spacial score (nSPS) is 10.7. The number of aromatic nitrogens is 3. The summed E-state index contributed by atoms with van der Waals surface area (Å²) >= 11 is 0. The van der Waals surface area contributed by atoms with E-state index in [0.717, 1.165) is 5.56 Å². The highest BCUT2D eigenvalue weighted by Crippen LogP contribution is 2.26. The lowest BCUT2D eigenvalue weighted by molar-refractivity contribution is 0.100. The number of fused-ring (bicyclic) bond motifs is 1. The van der Waals surface area contributed by atoms with Crippen molar-refractivity contribution in [2.75, 3.05) is 12.3 Å². The molecule has 1 amide bonds. The van der Waals surface area contributed by atoms with Gasteiger partial charge in [-0.25, -0.2) is 9.97 Å². The minimum atomic E-state index is -0.467. The molecule has 0 unspecified atom stereocenters. The molecule has 0 saturated carbocycles. The highest BCUT2D eigenvalue weighted by molar-refractivity contribution is 5.93. The molecule has 3 aromatic rings. The molecule has 0 aliphatic heterocycles. The van der Waals surface area contributed by atoms with Crippen LogP contribution in [0.1, 0.15) is 17.3 Å². The van der Waals surface area contributed by atoms with E-state index in [-0.39, 0.29) is 5.95 Å². The van der Waals surface area contributed by atoms with Crippen molar-refractivity contribution in [2.45, 2.75) is 6.92 Å². The van der Waals surface area contributed by atoms with Crippen LogP contribution < -0.4 is 16.2 Å². The average molecular weight is 309 g/mol. The number of anilines is 1. The van der Waals surface area contributed by atoms with E-state index in [2.05, 4.69) is 15.0 Å². The van der Waals surface area contributed by atoms with Crippen molar-refractivity contribution in [1.82, 2.24) is 15.0 Å². The van der Waals surface area contributed by atoms with Crippen molar-refractivity contribution in [1.29, 1.82) is 0 Å². The lowest BCUT2D eigenvalue weighted by Gasteiger charge is -2.08. The minimum Gasteiger partial charge on any atom is -0.476 e. The van der Waals surface area contributed by atoms with E-state index in [1.165, 1.54) is 0 Å². The van der Waals surface area contributed by atoms with E-state index >= 15 is 0 Å². The number of primary amides is 1. The molecule has 4 N–H and O–H groups in total. The number of hydrogen-bond donors (Lipinski definition) is 2. The molecule has 0 aliphatic rings. The Labute approximate surface area is 132 Å². The zero-order valence-electron chi connectivity index (χ0n) is 12.5. The van der Waals surface area contributed by atoms with E-state index in [9.17, 15) is 4.79 Å². The first-order valence-corrected chi connectivity index (χ1v) is 7.06.